The summed E-state index contributed by atoms with van der Waals surface area (Å²) in [4.78, 5) is 3.96. The molecule has 0 unspecified atom stereocenters. The predicted molar refractivity (Wildman–Crippen MR) is 47.7 cm³/mol. The number of pyridine rings is 1. The zero-order valence-corrected chi connectivity index (χ0v) is 7.76. The maximum absolute atomic E-state index is 13.1. The molecule has 1 heterocycles. The largest absolute Gasteiger partial charge is 0.258 e. The van der Waals surface area contributed by atoms with Crippen molar-refractivity contribution in [2.24, 2.45) is 0 Å². The highest BCUT2D eigenvalue weighted by atomic mass is 19.1. The van der Waals surface area contributed by atoms with Crippen molar-refractivity contribution >= 4 is 0 Å². The average molecular weight is 167 g/mol. The van der Waals surface area contributed by atoms with E-state index in [0.717, 1.165) is 17.7 Å². The number of nitrogens with zero attached hydrogens (tertiary/aromatic N) is 1. The molecular weight excluding hydrogens is 153 g/mol. The van der Waals surface area contributed by atoms with E-state index < -0.39 is 0 Å². The van der Waals surface area contributed by atoms with Gasteiger partial charge in [-0.15, -0.1) is 0 Å². The Morgan fingerprint density at radius 3 is 2.67 bits per heavy atom. The van der Waals surface area contributed by atoms with Crippen molar-refractivity contribution in [3.8, 4) is 0 Å². The topological polar surface area (TPSA) is 12.9 Å². The number of rotatable bonds is 2. The summed E-state index contributed by atoms with van der Waals surface area (Å²) in [7, 11) is 0. The molecule has 1 rings (SSSR count). The van der Waals surface area contributed by atoms with Gasteiger partial charge in [0.2, 0.25) is 0 Å². The standard InChI is InChI=1S/C10H14FN/c1-4-8-5-9(7(2)3)10(11)6-12-8/h5-7H,4H2,1-3H3. The molecular formula is C10H14FN. The summed E-state index contributed by atoms with van der Waals surface area (Å²) in [5, 5.41) is 0. The lowest BCUT2D eigenvalue weighted by Crippen LogP contribution is -1.97. The van der Waals surface area contributed by atoms with E-state index in [-0.39, 0.29) is 11.7 Å². The quantitative estimate of drug-likeness (QED) is 0.660. The zero-order chi connectivity index (χ0) is 9.14. The smallest absolute Gasteiger partial charge is 0.144 e. The molecule has 0 radical (unpaired) electrons. The normalized spacial score (nSPS) is 10.8. The van der Waals surface area contributed by atoms with Crippen LogP contribution in [0.15, 0.2) is 12.3 Å². The molecule has 1 aromatic heterocycles. The van der Waals surface area contributed by atoms with Gasteiger partial charge >= 0.3 is 0 Å². The maximum atomic E-state index is 13.1. The summed E-state index contributed by atoms with van der Waals surface area (Å²) in [6.07, 6.45) is 2.17. The first-order valence-corrected chi connectivity index (χ1v) is 4.29. The molecule has 0 fully saturated rings. The fraction of sp³-hybridized carbons (Fsp3) is 0.500. The van der Waals surface area contributed by atoms with Crippen LogP contribution in [0.1, 0.15) is 37.9 Å². The molecule has 0 atom stereocenters. The Kier molecular flexibility index (Phi) is 2.79. The Balaban J connectivity index is 3.08. The summed E-state index contributed by atoms with van der Waals surface area (Å²) < 4.78 is 13.1. The highest BCUT2D eigenvalue weighted by Crippen LogP contribution is 2.18. The predicted octanol–water partition coefficient (Wildman–Crippen LogP) is 2.91. The van der Waals surface area contributed by atoms with Crippen LogP contribution >= 0.6 is 0 Å². The molecule has 0 aromatic carbocycles. The monoisotopic (exact) mass is 167 g/mol. The van der Waals surface area contributed by atoms with Gasteiger partial charge in [0.05, 0.1) is 6.20 Å². The molecule has 0 N–H and O–H groups in total. The Bertz CT molecular complexity index is 269. The van der Waals surface area contributed by atoms with E-state index in [1.807, 2.05) is 26.8 Å². The molecule has 12 heavy (non-hydrogen) atoms. The number of aromatic nitrogens is 1. The van der Waals surface area contributed by atoms with Gasteiger partial charge in [-0.25, -0.2) is 4.39 Å². The Morgan fingerprint density at radius 2 is 2.17 bits per heavy atom. The first kappa shape index (κ1) is 9.17. The molecule has 1 nitrogen and oxygen atoms in total. The van der Waals surface area contributed by atoms with Crippen molar-refractivity contribution < 1.29 is 4.39 Å². The lowest BCUT2D eigenvalue weighted by Gasteiger charge is -2.07. The number of aryl methyl sites for hydroxylation is 1. The third-order valence-corrected chi connectivity index (χ3v) is 1.93. The molecule has 2 heteroatoms. The second-order valence-corrected chi connectivity index (χ2v) is 3.21. The van der Waals surface area contributed by atoms with Crippen molar-refractivity contribution in [2.75, 3.05) is 0 Å². The van der Waals surface area contributed by atoms with Gasteiger partial charge in [0.1, 0.15) is 5.82 Å². The van der Waals surface area contributed by atoms with Crippen molar-refractivity contribution in [2.45, 2.75) is 33.1 Å². The van der Waals surface area contributed by atoms with Crippen LogP contribution in [0.2, 0.25) is 0 Å². The van der Waals surface area contributed by atoms with Crippen LogP contribution in [0.5, 0.6) is 0 Å². The molecule has 0 spiro atoms. The van der Waals surface area contributed by atoms with Crippen LogP contribution in [0.3, 0.4) is 0 Å². The number of halogens is 1. The second-order valence-electron chi connectivity index (χ2n) is 3.21. The molecule has 1 aromatic rings. The summed E-state index contributed by atoms with van der Waals surface area (Å²) in [5.41, 5.74) is 1.72. The van der Waals surface area contributed by atoms with Gasteiger partial charge in [0, 0.05) is 5.69 Å². The molecule has 0 aliphatic rings. The molecule has 0 saturated heterocycles. The number of hydrogen-bond acceptors (Lipinski definition) is 1. The van der Waals surface area contributed by atoms with Gasteiger partial charge in [-0.2, -0.15) is 0 Å². The SMILES string of the molecule is CCc1cc(C(C)C)c(F)cn1. The highest BCUT2D eigenvalue weighted by molar-refractivity contribution is 5.21. The van der Waals surface area contributed by atoms with E-state index in [2.05, 4.69) is 4.98 Å². The fourth-order valence-corrected chi connectivity index (χ4v) is 1.14. The molecule has 66 valence electrons. The fourth-order valence-electron chi connectivity index (χ4n) is 1.14. The van der Waals surface area contributed by atoms with Crippen LogP contribution < -0.4 is 0 Å². The van der Waals surface area contributed by atoms with Gasteiger partial charge in [-0.05, 0) is 24.0 Å². The first-order valence-electron chi connectivity index (χ1n) is 4.29. The van der Waals surface area contributed by atoms with Crippen LogP contribution in [0, 0.1) is 5.82 Å². The second kappa shape index (κ2) is 3.65. The lowest BCUT2D eigenvalue weighted by molar-refractivity contribution is 0.589. The summed E-state index contributed by atoms with van der Waals surface area (Å²) in [6.45, 7) is 5.99. The van der Waals surface area contributed by atoms with Crippen LogP contribution in [0.4, 0.5) is 4.39 Å². The van der Waals surface area contributed by atoms with Crippen molar-refractivity contribution in [1.29, 1.82) is 0 Å². The third-order valence-electron chi connectivity index (χ3n) is 1.93. The van der Waals surface area contributed by atoms with Gasteiger partial charge < -0.3 is 0 Å². The van der Waals surface area contributed by atoms with E-state index in [9.17, 15) is 4.39 Å². The summed E-state index contributed by atoms with van der Waals surface area (Å²) in [5.74, 6) is 0.0421. The van der Waals surface area contributed by atoms with Crippen molar-refractivity contribution in [3.63, 3.8) is 0 Å². The van der Waals surface area contributed by atoms with E-state index in [1.54, 1.807) is 0 Å². The van der Waals surface area contributed by atoms with E-state index >= 15 is 0 Å². The van der Waals surface area contributed by atoms with Crippen molar-refractivity contribution in [1.82, 2.24) is 4.98 Å². The minimum absolute atomic E-state index is 0.192. The van der Waals surface area contributed by atoms with E-state index in [4.69, 9.17) is 0 Å². The van der Waals surface area contributed by atoms with Gasteiger partial charge in [-0.3, -0.25) is 4.98 Å². The van der Waals surface area contributed by atoms with Gasteiger partial charge in [-0.1, -0.05) is 20.8 Å². The van der Waals surface area contributed by atoms with Gasteiger partial charge in [0.25, 0.3) is 0 Å². The minimum Gasteiger partial charge on any atom is -0.258 e. The zero-order valence-electron chi connectivity index (χ0n) is 7.76. The first-order chi connectivity index (χ1) is 5.65. The summed E-state index contributed by atoms with van der Waals surface area (Å²) >= 11 is 0. The van der Waals surface area contributed by atoms with Crippen LogP contribution in [0.25, 0.3) is 0 Å². The van der Waals surface area contributed by atoms with E-state index in [0.29, 0.717) is 0 Å². The highest BCUT2D eigenvalue weighted by Gasteiger charge is 2.07. The maximum Gasteiger partial charge on any atom is 0.144 e. The Labute approximate surface area is 72.6 Å². The molecule has 0 saturated carbocycles. The van der Waals surface area contributed by atoms with Gasteiger partial charge in [0.15, 0.2) is 0 Å². The van der Waals surface area contributed by atoms with E-state index in [1.165, 1.54) is 6.20 Å². The Hall–Kier alpha value is -0.920. The summed E-state index contributed by atoms with van der Waals surface area (Å²) in [6, 6.07) is 1.85. The molecule has 0 aliphatic heterocycles. The Morgan fingerprint density at radius 1 is 1.50 bits per heavy atom. The molecule has 0 bridgehead atoms. The van der Waals surface area contributed by atoms with Crippen molar-refractivity contribution in [3.05, 3.63) is 29.3 Å². The molecule has 0 amide bonds. The number of hydrogen-bond donors (Lipinski definition) is 0. The van der Waals surface area contributed by atoms with Crippen LogP contribution in [-0.2, 0) is 6.42 Å². The minimum atomic E-state index is -0.192. The van der Waals surface area contributed by atoms with Crippen LogP contribution in [-0.4, -0.2) is 4.98 Å². The average Bonchev–Trinajstić information content (AvgIpc) is 2.05. The molecule has 0 aliphatic carbocycles. The third kappa shape index (κ3) is 1.81. The lowest BCUT2D eigenvalue weighted by atomic mass is 10.0.